The number of hydrogen-bond acceptors (Lipinski definition) is 5. The fourth-order valence-corrected chi connectivity index (χ4v) is 3.25. The van der Waals surface area contributed by atoms with E-state index < -0.39 is 10.0 Å². The highest BCUT2D eigenvalue weighted by molar-refractivity contribution is 9.10. The van der Waals surface area contributed by atoms with Gasteiger partial charge in [-0.05, 0) is 18.2 Å². The van der Waals surface area contributed by atoms with Crippen molar-refractivity contribution >= 4 is 26.0 Å². The van der Waals surface area contributed by atoms with Crippen LogP contribution in [0.25, 0.3) is 0 Å². The Morgan fingerprint density at radius 3 is 2.80 bits per heavy atom. The van der Waals surface area contributed by atoms with Crippen LogP contribution < -0.4 is 9.46 Å². The molecular weight excluding hydrogens is 348 g/mol. The van der Waals surface area contributed by atoms with Gasteiger partial charge in [-0.2, -0.15) is 0 Å². The lowest BCUT2D eigenvalue weighted by Crippen LogP contribution is -2.25. The Hall–Kier alpha value is -1.45. The van der Waals surface area contributed by atoms with Crippen LogP contribution in [0.3, 0.4) is 0 Å². The van der Waals surface area contributed by atoms with Gasteiger partial charge in [0.05, 0.1) is 13.7 Å². The zero-order chi connectivity index (χ0) is 14.8. The van der Waals surface area contributed by atoms with E-state index in [2.05, 4.69) is 30.8 Å². The van der Waals surface area contributed by atoms with Gasteiger partial charge < -0.3 is 9.30 Å². The third kappa shape index (κ3) is 3.17. The Labute approximate surface area is 125 Å². The van der Waals surface area contributed by atoms with E-state index in [9.17, 15) is 8.42 Å². The zero-order valence-corrected chi connectivity index (χ0v) is 13.3. The summed E-state index contributed by atoms with van der Waals surface area (Å²) in [5, 5.41) is 7.51. The number of nitrogens with one attached hydrogen (secondary N) is 1. The predicted molar refractivity (Wildman–Crippen MR) is 75.7 cm³/mol. The standard InChI is InChI=1S/C11H13BrN4O3S/c1-16-7-13-15-11(16)6-14-20(17,18)10-5-8(12)3-4-9(10)19-2/h3-5,7,14H,6H2,1-2H3. The van der Waals surface area contributed by atoms with Crippen molar-refractivity contribution < 1.29 is 13.2 Å². The minimum atomic E-state index is -3.70. The molecule has 20 heavy (non-hydrogen) atoms. The van der Waals surface area contributed by atoms with Crippen LogP contribution in [0.2, 0.25) is 0 Å². The number of ether oxygens (including phenoxy) is 1. The maximum atomic E-state index is 12.3. The van der Waals surface area contributed by atoms with Gasteiger partial charge in [0.15, 0.2) is 0 Å². The van der Waals surface area contributed by atoms with Crippen molar-refractivity contribution in [2.24, 2.45) is 7.05 Å². The first-order valence-corrected chi connectivity index (χ1v) is 7.88. The van der Waals surface area contributed by atoms with E-state index in [-0.39, 0.29) is 17.2 Å². The molecule has 0 bridgehead atoms. The lowest BCUT2D eigenvalue weighted by Gasteiger charge is -2.10. The molecule has 0 aliphatic rings. The van der Waals surface area contributed by atoms with Crippen molar-refractivity contribution in [2.75, 3.05) is 7.11 Å². The van der Waals surface area contributed by atoms with Crippen molar-refractivity contribution in [3.05, 3.63) is 34.8 Å². The topological polar surface area (TPSA) is 86.1 Å². The number of halogens is 1. The first-order valence-electron chi connectivity index (χ1n) is 5.60. The molecular formula is C11H13BrN4O3S. The van der Waals surface area contributed by atoms with Gasteiger partial charge in [0.2, 0.25) is 10.0 Å². The molecule has 0 fully saturated rings. The molecule has 1 aromatic heterocycles. The van der Waals surface area contributed by atoms with Crippen molar-refractivity contribution in [1.29, 1.82) is 0 Å². The van der Waals surface area contributed by atoms with Gasteiger partial charge in [-0.1, -0.05) is 15.9 Å². The largest absolute Gasteiger partial charge is 0.495 e. The maximum Gasteiger partial charge on any atom is 0.244 e. The molecule has 1 N–H and O–H groups in total. The summed E-state index contributed by atoms with van der Waals surface area (Å²) in [7, 11) is -0.544. The van der Waals surface area contributed by atoms with Crippen molar-refractivity contribution in [2.45, 2.75) is 11.4 Å². The van der Waals surface area contributed by atoms with E-state index in [0.29, 0.717) is 10.3 Å². The number of aromatic nitrogens is 3. The Kier molecular flexibility index (Phi) is 4.41. The molecule has 9 heteroatoms. The molecule has 2 rings (SSSR count). The predicted octanol–water partition coefficient (Wildman–Crippen LogP) is 1.06. The molecule has 0 saturated heterocycles. The molecule has 0 radical (unpaired) electrons. The normalized spacial score (nSPS) is 11.6. The Balaban J connectivity index is 2.26. The number of sulfonamides is 1. The summed E-state index contributed by atoms with van der Waals surface area (Å²) >= 11 is 3.25. The SMILES string of the molecule is COc1ccc(Br)cc1S(=O)(=O)NCc1nncn1C. The molecule has 0 amide bonds. The van der Waals surface area contributed by atoms with Crippen molar-refractivity contribution in [1.82, 2.24) is 19.5 Å². The minimum absolute atomic E-state index is 0.0501. The van der Waals surface area contributed by atoms with Crippen LogP contribution in [0.4, 0.5) is 0 Å². The van der Waals surface area contributed by atoms with Crippen molar-refractivity contribution in [3.8, 4) is 5.75 Å². The summed E-state index contributed by atoms with van der Waals surface area (Å²) in [5.41, 5.74) is 0. The fraction of sp³-hybridized carbons (Fsp3) is 0.273. The first-order chi connectivity index (χ1) is 9.44. The van der Waals surface area contributed by atoms with Gasteiger partial charge in [-0.25, -0.2) is 13.1 Å². The van der Waals surface area contributed by atoms with Gasteiger partial charge in [0.25, 0.3) is 0 Å². The summed E-state index contributed by atoms with van der Waals surface area (Å²) in [6, 6.07) is 4.78. The zero-order valence-electron chi connectivity index (χ0n) is 10.9. The third-order valence-electron chi connectivity index (χ3n) is 2.64. The summed E-state index contributed by atoms with van der Waals surface area (Å²) in [4.78, 5) is 0.0662. The molecule has 0 aliphatic heterocycles. The average Bonchev–Trinajstić information content (AvgIpc) is 2.82. The second-order valence-corrected chi connectivity index (χ2v) is 6.63. The van der Waals surface area contributed by atoms with Gasteiger partial charge in [-0.15, -0.1) is 10.2 Å². The molecule has 7 nitrogen and oxygen atoms in total. The molecule has 1 aromatic carbocycles. The highest BCUT2D eigenvalue weighted by Gasteiger charge is 2.20. The lowest BCUT2D eigenvalue weighted by molar-refractivity contribution is 0.402. The fourth-order valence-electron chi connectivity index (χ4n) is 1.57. The highest BCUT2D eigenvalue weighted by Crippen LogP contribution is 2.27. The van der Waals surface area contributed by atoms with Crippen LogP contribution in [0.1, 0.15) is 5.82 Å². The second kappa shape index (κ2) is 5.90. The monoisotopic (exact) mass is 360 g/mol. The molecule has 0 aliphatic carbocycles. The van der Waals surface area contributed by atoms with Gasteiger partial charge >= 0.3 is 0 Å². The number of benzene rings is 1. The molecule has 1 heterocycles. The van der Waals surface area contributed by atoms with Crippen molar-refractivity contribution in [3.63, 3.8) is 0 Å². The second-order valence-electron chi connectivity index (χ2n) is 3.98. The number of aryl methyl sites for hydroxylation is 1. The van der Waals surface area contributed by atoms with E-state index in [1.165, 1.54) is 19.5 Å². The summed E-state index contributed by atoms with van der Waals surface area (Å²) in [5.74, 6) is 0.793. The van der Waals surface area contributed by atoms with E-state index >= 15 is 0 Å². The molecule has 2 aromatic rings. The van der Waals surface area contributed by atoms with Crippen LogP contribution >= 0.6 is 15.9 Å². The number of methoxy groups -OCH3 is 1. The van der Waals surface area contributed by atoms with E-state index in [1.807, 2.05) is 0 Å². The van der Waals surface area contributed by atoms with E-state index in [4.69, 9.17) is 4.74 Å². The van der Waals surface area contributed by atoms with Gasteiger partial charge in [-0.3, -0.25) is 0 Å². The van der Waals surface area contributed by atoms with Crippen LogP contribution in [0, 0.1) is 0 Å². The van der Waals surface area contributed by atoms with E-state index in [0.717, 1.165) is 0 Å². The number of hydrogen-bond donors (Lipinski definition) is 1. The smallest absolute Gasteiger partial charge is 0.244 e. The molecule has 0 saturated carbocycles. The summed E-state index contributed by atoms with van der Waals surface area (Å²) < 4.78 is 34.4. The average molecular weight is 361 g/mol. The number of nitrogens with zero attached hydrogens (tertiary/aromatic N) is 3. The molecule has 0 unspecified atom stereocenters. The van der Waals surface area contributed by atoms with Gasteiger partial charge in [0.1, 0.15) is 22.8 Å². The minimum Gasteiger partial charge on any atom is -0.495 e. The highest BCUT2D eigenvalue weighted by atomic mass is 79.9. The Morgan fingerprint density at radius 2 is 2.20 bits per heavy atom. The molecule has 108 valence electrons. The van der Waals surface area contributed by atoms with Crippen LogP contribution in [0.5, 0.6) is 5.75 Å². The maximum absolute atomic E-state index is 12.3. The van der Waals surface area contributed by atoms with Crippen LogP contribution in [-0.4, -0.2) is 30.3 Å². The molecule has 0 spiro atoms. The lowest BCUT2D eigenvalue weighted by atomic mass is 10.3. The first kappa shape index (κ1) is 14.9. The third-order valence-corrected chi connectivity index (χ3v) is 4.56. The Bertz CT molecular complexity index is 714. The summed E-state index contributed by atoms with van der Waals surface area (Å²) in [6.45, 7) is 0.0501. The van der Waals surface area contributed by atoms with E-state index in [1.54, 1.807) is 23.7 Å². The van der Waals surface area contributed by atoms with Crippen LogP contribution in [0.15, 0.2) is 33.9 Å². The molecule has 0 atom stereocenters. The van der Waals surface area contributed by atoms with Crippen LogP contribution in [-0.2, 0) is 23.6 Å². The Morgan fingerprint density at radius 1 is 1.45 bits per heavy atom. The summed E-state index contributed by atoms with van der Waals surface area (Å²) in [6.07, 6.45) is 1.50. The van der Waals surface area contributed by atoms with Gasteiger partial charge in [0, 0.05) is 11.5 Å². The quantitative estimate of drug-likeness (QED) is 0.861. The number of rotatable bonds is 5.